The van der Waals surface area contributed by atoms with E-state index < -0.39 is 0 Å². The molecule has 2 N–H and O–H groups in total. The van der Waals surface area contributed by atoms with Crippen molar-refractivity contribution in [3.05, 3.63) is 35.9 Å². The van der Waals surface area contributed by atoms with Crippen molar-refractivity contribution < 1.29 is 4.79 Å². The van der Waals surface area contributed by atoms with Gasteiger partial charge in [-0.05, 0) is 45.1 Å². The normalized spacial score (nSPS) is 14.0. The van der Waals surface area contributed by atoms with Gasteiger partial charge in [0.25, 0.3) is 0 Å². The van der Waals surface area contributed by atoms with Crippen molar-refractivity contribution in [2.45, 2.75) is 71.5 Å². The Morgan fingerprint density at radius 3 is 2.29 bits per heavy atom. The Hall–Kier alpha value is -1.35. The smallest absolute Gasteiger partial charge is 0.237 e. The monoisotopic (exact) mass is 290 g/mol. The number of carbonyl (C=O) groups excluding carboxylic acids is 1. The van der Waals surface area contributed by atoms with Crippen LogP contribution >= 0.6 is 0 Å². The van der Waals surface area contributed by atoms with Crippen molar-refractivity contribution in [3.63, 3.8) is 0 Å². The average molecular weight is 290 g/mol. The fourth-order valence-electron chi connectivity index (χ4n) is 2.43. The highest BCUT2D eigenvalue weighted by molar-refractivity contribution is 5.81. The highest BCUT2D eigenvalue weighted by Crippen LogP contribution is 2.05. The Balaban J connectivity index is 2.32. The Kier molecular flexibility index (Phi) is 8.06. The molecule has 0 saturated carbocycles. The summed E-state index contributed by atoms with van der Waals surface area (Å²) in [5.41, 5.74) is 1.35. The lowest BCUT2D eigenvalue weighted by Gasteiger charge is -2.22. The Morgan fingerprint density at radius 2 is 1.71 bits per heavy atom. The molecule has 0 aliphatic carbocycles. The highest BCUT2D eigenvalue weighted by Gasteiger charge is 2.17. The first-order valence-electron chi connectivity index (χ1n) is 8.17. The van der Waals surface area contributed by atoms with Crippen LogP contribution in [0.15, 0.2) is 30.3 Å². The van der Waals surface area contributed by atoms with Gasteiger partial charge in [-0.25, -0.2) is 0 Å². The molecular weight excluding hydrogens is 260 g/mol. The summed E-state index contributed by atoms with van der Waals surface area (Å²) in [5, 5.41) is 6.49. The number of hydrogen-bond donors (Lipinski definition) is 2. The zero-order valence-electron chi connectivity index (χ0n) is 13.9. The fourth-order valence-corrected chi connectivity index (χ4v) is 2.43. The van der Waals surface area contributed by atoms with E-state index in [2.05, 4.69) is 55.7 Å². The third kappa shape index (κ3) is 6.76. The van der Waals surface area contributed by atoms with Gasteiger partial charge in [0.1, 0.15) is 0 Å². The molecule has 0 aliphatic heterocycles. The largest absolute Gasteiger partial charge is 0.352 e. The number of carbonyl (C=O) groups is 1. The summed E-state index contributed by atoms with van der Waals surface area (Å²) in [6.45, 7) is 8.30. The number of rotatable bonds is 9. The van der Waals surface area contributed by atoms with Crippen molar-refractivity contribution >= 4 is 5.91 Å². The van der Waals surface area contributed by atoms with E-state index in [-0.39, 0.29) is 11.9 Å². The predicted octanol–water partition coefficient (Wildman–Crippen LogP) is 3.29. The molecule has 3 nitrogen and oxygen atoms in total. The van der Waals surface area contributed by atoms with Gasteiger partial charge in [0.15, 0.2) is 0 Å². The molecule has 0 spiro atoms. The molecule has 1 rings (SSSR count). The van der Waals surface area contributed by atoms with Gasteiger partial charge in [0, 0.05) is 12.1 Å². The van der Waals surface area contributed by atoms with Crippen LogP contribution in [0.4, 0.5) is 0 Å². The van der Waals surface area contributed by atoms with Crippen molar-refractivity contribution in [1.29, 1.82) is 0 Å². The van der Waals surface area contributed by atoms with Crippen LogP contribution in [-0.2, 0) is 11.2 Å². The third-order valence-electron chi connectivity index (χ3n) is 3.97. The second-order valence-electron chi connectivity index (χ2n) is 5.84. The minimum absolute atomic E-state index is 0.107. The van der Waals surface area contributed by atoms with Gasteiger partial charge < -0.3 is 10.6 Å². The molecule has 0 fully saturated rings. The SMILES string of the molecule is CCC(CC)NC(=O)C(C)NC(C)CCc1ccccc1. The molecule has 0 saturated heterocycles. The summed E-state index contributed by atoms with van der Waals surface area (Å²) in [6, 6.07) is 10.9. The summed E-state index contributed by atoms with van der Waals surface area (Å²) in [5.74, 6) is 0.107. The number of aryl methyl sites for hydroxylation is 1. The molecule has 0 bridgehead atoms. The van der Waals surface area contributed by atoms with E-state index in [1.54, 1.807) is 0 Å². The summed E-state index contributed by atoms with van der Waals surface area (Å²) in [6.07, 6.45) is 4.04. The minimum atomic E-state index is -0.142. The quantitative estimate of drug-likeness (QED) is 0.733. The highest BCUT2D eigenvalue weighted by atomic mass is 16.2. The van der Waals surface area contributed by atoms with Gasteiger partial charge in [0.2, 0.25) is 5.91 Å². The topological polar surface area (TPSA) is 41.1 Å². The van der Waals surface area contributed by atoms with Crippen molar-refractivity contribution in [2.24, 2.45) is 0 Å². The van der Waals surface area contributed by atoms with Gasteiger partial charge >= 0.3 is 0 Å². The first-order valence-corrected chi connectivity index (χ1v) is 8.17. The van der Waals surface area contributed by atoms with Crippen LogP contribution in [0.25, 0.3) is 0 Å². The molecule has 1 amide bonds. The minimum Gasteiger partial charge on any atom is -0.352 e. The van der Waals surface area contributed by atoms with Crippen molar-refractivity contribution in [3.8, 4) is 0 Å². The Morgan fingerprint density at radius 1 is 1.10 bits per heavy atom. The standard InChI is InChI=1S/C18H30N2O/c1-5-17(6-2)20-18(21)15(4)19-14(3)12-13-16-10-8-7-9-11-16/h7-11,14-15,17,19H,5-6,12-13H2,1-4H3,(H,20,21). The van der Waals surface area contributed by atoms with E-state index in [4.69, 9.17) is 0 Å². The molecule has 118 valence electrons. The lowest BCUT2D eigenvalue weighted by molar-refractivity contribution is -0.123. The molecular formula is C18H30N2O. The van der Waals surface area contributed by atoms with Crippen LogP contribution in [0.3, 0.4) is 0 Å². The Labute approximate surface area is 129 Å². The van der Waals surface area contributed by atoms with Crippen molar-refractivity contribution in [2.75, 3.05) is 0 Å². The van der Waals surface area contributed by atoms with Gasteiger partial charge in [0.05, 0.1) is 6.04 Å². The van der Waals surface area contributed by atoms with Crippen LogP contribution < -0.4 is 10.6 Å². The first-order chi connectivity index (χ1) is 10.1. The number of benzene rings is 1. The van der Waals surface area contributed by atoms with E-state index >= 15 is 0 Å². The van der Waals surface area contributed by atoms with Gasteiger partial charge in [-0.15, -0.1) is 0 Å². The molecule has 1 aromatic rings. The van der Waals surface area contributed by atoms with Gasteiger partial charge in [-0.2, -0.15) is 0 Å². The zero-order valence-corrected chi connectivity index (χ0v) is 13.9. The first kappa shape index (κ1) is 17.7. The van der Waals surface area contributed by atoms with E-state index in [1.807, 2.05) is 13.0 Å². The van der Waals surface area contributed by atoms with Crippen LogP contribution in [0, 0.1) is 0 Å². The van der Waals surface area contributed by atoms with E-state index in [1.165, 1.54) is 5.56 Å². The molecule has 0 aliphatic rings. The average Bonchev–Trinajstić information content (AvgIpc) is 2.51. The maximum absolute atomic E-state index is 12.1. The third-order valence-corrected chi connectivity index (χ3v) is 3.97. The summed E-state index contributed by atoms with van der Waals surface area (Å²) in [4.78, 5) is 12.1. The molecule has 1 aromatic carbocycles. The molecule has 2 unspecified atom stereocenters. The van der Waals surface area contributed by atoms with Crippen molar-refractivity contribution in [1.82, 2.24) is 10.6 Å². The second kappa shape index (κ2) is 9.56. The lowest BCUT2D eigenvalue weighted by atomic mass is 10.1. The molecule has 0 aromatic heterocycles. The summed E-state index contributed by atoms with van der Waals surface area (Å²) < 4.78 is 0. The fraction of sp³-hybridized carbons (Fsp3) is 0.611. The number of nitrogens with one attached hydrogen (secondary N) is 2. The van der Waals surface area contributed by atoms with E-state index in [0.717, 1.165) is 25.7 Å². The van der Waals surface area contributed by atoms with Crippen LogP contribution in [-0.4, -0.2) is 24.0 Å². The van der Waals surface area contributed by atoms with E-state index in [9.17, 15) is 4.79 Å². The summed E-state index contributed by atoms with van der Waals surface area (Å²) in [7, 11) is 0. The van der Waals surface area contributed by atoms with Gasteiger partial charge in [-0.1, -0.05) is 44.2 Å². The lowest BCUT2D eigenvalue weighted by Crippen LogP contribution is -2.48. The summed E-state index contributed by atoms with van der Waals surface area (Å²) >= 11 is 0. The predicted molar refractivity (Wildman–Crippen MR) is 89.3 cm³/mol. The van der Waals surface area contributed by atoms with Crippen LogP contribution in [0.2, 0.25) is 0 Å². The number of hydrogen-bond acceptors (Lipinski definition) is 2. The Bertz CT molecular complexity index is 401. The maximum atomic E-state index is 12.1. The number of amides is 1. The molecule has 0 heterocycles. The molecule has 3 heteroatoms. The van der Waals surface area contributed by atoms with Gasteiger partial charge in [-0.3, -0.25) is 4.79 Å². The van der Waals surface area contributed by atoms with E-state index in [0.29, 0.717) is 12.1 Å². The zero-order chi connectivity index (χ0) is 15.7. The molecule has 2 atom stereocenters. The molecule has 0 radical (unpaired) electrons. The maximum Gasteiger partial charge on any atom is 0.237 e. The van der Waals surface area contributed by atoms with Crippen LogP contribution in [0.1, 0.15) is 52.5 Å². The molecule has 21 heavy (non-hydrogen) atoms. The van der Waals surface area contributed by atoms with Crippen LogP contribution in [0.5, 0.6) is 0 Å². The second-order valence-corrected chi connectivity index (χ2v) is 5.84.